The van der Waals surface area contributed by atoms with E-state index in [1.807, 2.05) is 17.7 Å². The Morgan fingerprint density at radius 1 is 1.24 bits per heavy atom. The molecule has 0 aliphatic carbocycles. The molecule has 0 bridgehead atoms. The van der Waals surface area contributed by atoms with Crippen LogP contribution in [0.1, 0.15) is 31.7 Å². The molecule has 3 heterocycles. The number of thiophene rings is 1. The minimum Gasteiger partial charge on any atom is -0.310 e. The van der Waals surface area contributed by atoms with Gasteiger partial charge >= 0.3 is 0 Å². The number of carbonyl (C=O) groups is 1. The molecule has 1 fully saturated rings. The molecule has 2 aromatic heterocycles. The fraction of sp³-hybridized carbons (Fsp3) is 0.556. The van der Waals surface area contributed by atoms with Crippen LogP contribution in [0.4, 0.5) is 5.82 Å². The Morgan fingerprint density at radius 2 is 2.00 bits per heavy atom. The lowest BCUT2D eigenvalue weighted by Gasteiger charge is -2.37. The Balaban J connectivity index is 1.50. The van der Waals surface area contributed by atoms with E-state index in [9.17, 15) is 4.79 Å². The summed E-state index contributed by atoms with van der Waals surface area (Å²) in [4.78, 5) is 18.7. The average Bonchev–Trinajstić information content (AvgIpc) is 3.26. The summed E-state index contributed by atoms with van der Waals surface area (Å²) in [6, 6.07) is 6.22. The highest BCUT2D eigenvalue weighted by Gasteiger charge is 2.26. The largest absolute Gasteiger partial charge is 0.310 e. The molecule has 1 N–H and O–H groups in total. The van der Waals surface area contributed by atoms with Crippen molar-refractivity contribution in [1.29, 1.82) is 0 Å². The van der Waals surface area contributed by atoms with Crippen molar-refractivity contribution in [3.05, 3.63) is 34.7 Å². The molecule has 0 saturated carbocycles. The predicted octanol–water partition coefficient (Wildman–Crippen LogP) is 2.67. The second kappa shape index (κ2) is 8.12. The van der Waals surface area contributed by atoms with Crippen LogP contribution < -0.4 is 5.32 Å². The normalized spacial score (nSPS) is 17.8. The SMILES string of the molecule is CC(C)n1nccc1NC(=O)[C@@H](C)N1CCN(Cc2cccs2)CC1. The molecule has 6 nitrogen and oxygen atoms in total. The van der Waals surface area contributed by atoms with E-state index in [-0.39, 0.29) is 18.0 Å². The molecule has 0 radical (unpaired) electrons. The first kappa shape index (κ1) is 18.1. The number of anilines is 1. The van der Waals surface area contributed by atoms with Gasteiger partial charge in [0.05, 0.1) is 12.2 Å². The molecule has 7 heteroatoms. The van der Waals surface area contributed by atoms with Crippen molar-refractivity contribution in [3.8, 4) is 0 Å². The second-order valence-electron chi connectivity index (χ2n) is 6.81. The molecular weight excluding hydrogens is 334 g/mol. The molecule has 0 unspecified atom stereocenters. The number of nitrogens with one attached hydrogen (secondary N) is 1. The van der Waals surface area contributed by atoms with Gasteiger partial charge in [-0.15, -0.1) is 11.3 Å². The average molecular weight is 362 g/mol. The molecule has 1 amide bonds. The molecule has 0 spiro atoms. The zero-order valence-corrected chi connectivity index (χ0v) is 16.0. The first-order chi connectivity index (χ1) is 12.0. The van der Waals surface area contributed by atoms with Crippen LogP contribution in [0.5, 0.6) is 0 Å². The van der Waals surface area contributed by atoms with Gasteiger partial charge in [-0.1, -0.05) is 6.07 Å². The number of nitrogens with zero attached hydrogens (tertiary/aromatic N) is 4. The molecule has 1 atom stereocenters. The summed E-state index contributed by atoms with van der Waals surface area (Å²) < 4.78 is 1.84. The smallest absolute Gasteiger partial charge is 0.242 e. The first-order valence-corrected chi connectivity index (χ1v) is 9.75. The van der Waals surface area contributed by atoms with Crippen LogP contribution in [0.2, 0.25) is 0 Å². The van der Waals surface area contributed by atoms with E-state index in [0.717, 1.165) is 38.5 Å². The van der Waals surface area contributed by atoms with Crippen molar-refractivity contribution in [2.45, 2.75) is 39.4 Å². The summed E-state index contributed by atoms with van der Waals surface area (Å²) in [5, 5.41) is 9.42. The zero-order valence-electron chi connectivity index (χ0n) is 15.2. The minimum atomic E-state index is -0.139. The van der Waals surface area contributed by atoms with Gasteiger partial charge in [-0.3, -0.25) is 14.6 Å². The molecule has 136 valence electrons. The molecule has 0 aromatic carbocycles. The van der Waals surface area contributed by atoms with Gasteiger partial charge in [0.25, 0.3) is 0 Å². The standard InChI is InChI=1S/C18H27N5OS/c1-14(2)23-17(6-7-19-23)20-18(24)15(3)22-10-8-21(9-11-22)13-16-5-4-12-25-16/h4-7,12,14-15H,8-11,13H2,1-3H3,(H,20,24)/t15-/m1/s1. The highest BCUT2D eigenvalue weighted by molar-refractivity contribution is 7.09. The van der Waals surface area contributed by atoms with Gasteiger partial charge in [0, 0.05) is 49.7 Å². The Kier molecular flexibility index (Phi) is 5.88. The molecule has 1 saturated heterocycles. The van der Waals surface area contributed by atoms with E-state index in [1.165, 1.54) is 4.88 Å². The maximum absolute atomic E-state index is 12.6. The Morgan fingerprint density at radius 3 is 2.64 bits per heavy atom. The predicted molar refractivity (Wildman–Crippen MR) is 102 cm³/mol. The van der Waals surface area contributed by atoms with Crippen molar-refractivity contribution in [2.24, 2.45) is 0 Å². The van der Waals surface area contributed by atoms with Crippen LogP contribution in [-0.4, -0.2) is 57.7 Å². The van der Waals surface area contributed by atoms with E-state index < -0.39 is 0 Å². The van der Waals surface area contributed by atoms with Crippen molar-refractivity contribution in [2.75, 3.05) is 31.5 Å². The Hall–Kier alpha value is -1.70. The van der Waals surface area contributed by atoms with Crippen molar-refractivity contribution < 1.29 is 4.79 Å². The van der Waals surface area contributed by atoms with E-state index >= 15 is 0 Å². The number of hydrogen-bond donors (Lipinski definition) is 1. The number of carbonyl (C=O) groups excluding carboxylic acids is 1. The summed E-state index contributed by atoms with van der Waals surface area (Å²) in [6.45, 7) is 10.9. The molecule has 1 aliphatic rings. The van der Waals surface area contributed by atoms with E-state index in [4.69, 9.17) is 0 Å². The van der Waals surface area contributed by atoms with Gasteiger partial charge in [-0.25, -0.2) is 4.68 Å². The molecular formula is C18H27N5OS. The van der Waals surface area contributed by atoms with Crippen LogP contribution in [0.15, 0.2) is 29.8 Å². The van der Waals surface area contributed by atoms with Gasteiger partial charge in [0.2, 0.25) is 5.91 Å². The quantitative estimate of drug-likeness (QED) is 0.859. The molecule has 3 rings (SSSR count). The lowest BCUT2D eigenvalue weighted by atomic mass is 10.2. The topological polar surface area (TPSA) is 53.4 Å². The van der Waals surface area contributed by atoms with Gasteiger partial charge in [-0.05, 0) is 32.2 Å². The number of piperazine rings is 1. The summed E-state index contributed by atoms with van der Waals surface area (Å²) >= 11 is 1.81. The third-order valence-corrected chi connectivity index (χ3v) is 5.57. The van der Waals surface area contributed by atoms with Gasteiger partial charge in [0.1, 0.15) is 5.82 Å². The van der Waals surface area contributed by atoms with E-state index in [2.05, 4.69) is 51.6 Å². The summed E-state index contributed by atoms with van der Waals surface area (Å²) in [6.07, 6.45) is 1.73. The van der Waals surface area contributed by atoms with Crippen LogP contribution in [0.25, 0.3) is 0 Å². The Labute approximate surface area is 153 Å². The summed E-state index contributed by atoms with van der Waals surface area (Å²) in [7, 11) is 0. The maximum Gasteiger partial charge on any atom is 0.242 e. The van der Waals surface area contributed by atoms with Gasteiger partial charge < -0.3 is 5.32 Å². The summed E-state index contributed by atoms with van der Waals surface area (Å²) in [5.41, 5.74) is 0. The molecule has 2 aromatic rings. The number of amides is 1. The Bertz CT molecular complexity index is 673. The third kappa shape index (κ3) is 4.48. The zero-order chi connectivity index (χ0) is 17.8. The van der Waals surface area contributed by atoms with Crippen LogP contribution in [-0.2, 0) is 11.3 Å². The highest BCUT2D eigenvalue weighted by Crippen LogP contribution is 2.16. The fourth-order valence-corrected chi connectivity index (χ4v) is 3.90. The van der Waals surface area contributed by atoms with Crippen molar-refractivity contribution in [1.82, 2.24) is 19.6 Å². The lowest BCUT2D eigenvalue weighted by Crippen LogP contribution is -2.52. The van der Waals surface area contributed by atoms with E-state index in [0.29, 0.717) is 0 Å². The van der Waals surface area contributed by atoms with Crippen LogP contribution in [0.3, 0.4) is 0 Å². The lowest BCUT2D eigenvalue weighted by molar-refractivity contribution is -0.121. The van der Waals surface area contributed by atoms with Crippen LogP contribution >= 0.6 is 11.3 Å². The molecule has 25 heavy (non-hydrogen) atoms. The van der Waals surface area contributed by atoms with Crippen LogP contribution in [0, 0.1) is 0 Å². The number of rotatable bonds is 6. The maximum atomic E-state index is 12.6. The van der Waals surface area contributed by atoms with Crippen molar-refractivity contribution >= 4 is 23.1 Å². The summed E-state index contributed by atoms with van der Waals surface area (Å²) in [5.74, 6) is 0.803. The first-order valence-electron chi connectivity index (χ1n) is 8.87. The van der Waals surface area contributed by atoms with Gasteiger partial charge in [-0.2, -0.15) is 5.10 Å². The highest BCUT2D eigenvalue weighted by atomic mass is 32.1. The van der Waals surface area contributed by atoms with E-state index in [1.54, 1.807) is 17.5 Å². The third-order valence-electron chi connectivity index (χ3n) is 4.70. The second-order valence-corrected chi connectivity index (χ2v) is 7.84. The minimum absolute atomic E-state index is 0.0362. The van der Waals surface area contributed by atoms with Crippen molar-refractivity contribution in [3.63, 3.8) is 0 Å². The van der Waals surface area contributed by atoms with Gasteiger partial charge in [0.15, 0.2) is 0 Å². The molecule has 1 aliphatic heterocycles. The number of hydrogen-bond acceptors (Lipinski definition) is 5. The number of aromatic nitrogens is 2. The monoisotopic (exact) mass is 361 g/mol. The fourth-order valence-electron chi connectivity index (χ4n) is 3.15.